The molecule has 0 aromatic rings. The second-order valence-corrected chi connectivity index (χ2v) is 3.02. The predicted molar refractivity (Wildman–Crippen MR) is 45.0 cm³/mol. The molecule has 1 saturated heterocycles. The third-order valence-electron chi connectivity index (χ3n) is 2.10. The molecule has 0 bridgehead atoms. The van der Waals surface area contributed by atoms with E-state index in [9.17, 15) is 0 Å². The maximum Gasteiger partial charge on any atom is -0.00175 e. The molecule has 1 heterocycles. The summed E-state index contributed by atoms with van der Waals surface area (Å²) >= 11 is 0. The van der Waals surface area contributed by atoms with Gasteiger partial charge in [-0.15, -0.1) is 0 Å². The Morgan fingerprint density at radius 2 is 2.50 bits per heavy atom. The monoisotopic (exact) mass is 139 g/mol. The fourth-order valence-electron chi connectivity index (χ4n) is 1.45. The summed E-state index contributed by atoms with van der Waals surface area (Å²) in [5.74, 6) is 0.907. The Kier molecular flexibility index (Phi) is 3.52. The maximum atomic E-state index is 3.41. The van der Waals surface area contributed by atoms with Crippen molar-refractivity contribution < 1.29 is 0 Å². The van der Waals surface area contributed by atoms with Gasteiger partial charge >= 0.3 is 0 Å². The summed E-state index contributed by atoms with van der Waals surface area (Å²) in [4.78, 5) is 0. The topological polar surface area (TPSA) is 12.0 Å². The molecule has 1 aliphatic rings. The molecule has 1 nitrogen and oxygen atoms in total. The molecule has 0 aromatic carbocycles. The van der Waals surface area contributed by atoms with Crippen molar-refractivity contribution in [3.63, 3.8) is 0 Å². The lowest BCUT2D eigenvalue weighted by Crippen LogP contribution is -2.29. The molecule has 1 heteroatoms. The average Bonchev–Trinajstić information content (AvgIpc) is 2.03. The number of hydrogen-bond acceptors (Lipinski definition) is 1. The van der Waals surface area contributed by atoms with Crippen molar-refractivity contribution in [2.75, 3.05) is 13.1 Å². The highest BCUT2D eigenvalue weighted by atomic mass is 14.9. The van der Waals surface area contributed by atoms with Gasteiger partial charge in [-0.1, -0.05) is 12.2 Å². The van der Waals surface area contributed by atoms with Crippen molar-refractivity contribution >= 4 is 0 Å². The van der Waals surface area contributed by atoms with Crippen LogP contribution in [0, 0.1) is 5.92 Å². The third-order valence-corrected chi connectivity index (χ3v) is 2.10. The second kappa shape index (κ2) is 4.51. The molecule has 1 unspecified atom stereocenters. The van der Waals surface area contributed by atoms with Gasteiger partial charge in [0, 0.05) is 0 Å². The van der Waals surface area contributed by atoms with Crippen LogP contribution in [-0.2, 0) is 0 Å². The van der Waals surface area contributed by atoms with Crippen molar-refractivity contribution in [1.82, 2.24) is 5.32 Å². The van der Waals surface area contributed by atoms with Crippen LogP contribution in [0.4, 0.5) is 0 Å². The Morgan fingerprint density at radius 3 is 3.10 bits per heavy atom. The van der Waals surface area contributed by atoms with E-state index in [0.717, 1.165) is 5.92 Å². The highest BCUT2D eigenvalue weighted by molar-refractivity contribution is 4.82. The van der Waals surface area contributed by atoms with E-state index in [4.69, 9.17) is 0 Å². The molecule has 1 N–H and O–H groups in total. The van der Waals surface area contributed by atoms with Gasteiger partial charge < -0.3 is 5.32 Å². The average molecular weight is 139 g/mol. The van der Waals surface area contributed by atoms with Crippen molar-refractivity contribution in [3.8, 4) is 0 Å². The van der Waals surface area contributed by atoms with E-state index in [0.29, 0.717) is 0 Å². The highest BCUT2D eigenvalue weighted by Gasteiger charge is 2.09. The van der Waals surface area contributed by atoms with E-state index in [1.807, 2.05) is 0 Å². The van der Waals surface area contributed by atoms with Crippen molar-refractivity contribution in [1.29, 1.82) is 0 Å². The molecule has 58 valence electrons. The molecule has 0 spiro atoms. The van der Waals surface area contributed by atoms with E-state index in [1.54, 1.807) is 0 Å². The smallest absolute Gasteiger partial charge is 0.00175 e. The predicted octanol–water partition coefficient (Wildman–Crippen LogP) is 1.95. The number of rotatable bonds is 2. The number of allylic oxidation sites excluding steroid dienone is 2. The SMILES string of the molecule is CC=CCC1CCCNC1. The van der Waals surface area contributed by atoms with Gasteiger partial charge in [0.1, 0.15) is 0 Å². The van der Waals surface area contributed by atoms with Gasteiger partial charge in [0.05, 0.1) is 0 Å². The fourth-order valence-corrected chi connectivity index (χ4v) is 1.45. The van der Waals surface area contributed by atoms with Crippen LogP contribution < -0.4 is 5.32 Å². The lowest BCUT2D eigenvalue weighted by atomic mass is 9.96. The van der Waals surface area contributed by atoms with Crippen LogP contribution in [0.25, 0.3) is 0 Å². The van der Waals surface area contributed by atoms with Crippen LogP contribution in [0.5, 0.6) is 0 Å². The van der Waals surface area contributed by atoms with Gasteiger partial charge in [0.15, 0.2) is 0 Å². The standard InChI is InChI=1S/C9H17N/c1-2-3-5-9-6-4-7-10-8-9/h2-3,9-10H,4-8H2,1H3. The molecule has 1 aliphatic heterocycles. The summed E-state index contributed by atoms with van der Waals surface area (Å²) in [7, 11) is 0. The van der Waals surface area contributed by atoms with E-state index in [1.165, 1.54) is 32.4 Å². The quantitative estimate of drug-likeness (QED) is 0.577. The summed E-state index contributed by atoms with van der Waals surface area (Å²) in [6.45, 7) is 4.55. The lowest BCUT2D eigenvalue weighted by Gasteiger charge is -2.20. The summed E-state index contributed by atoms with van der Waals surface area (Å²) in [6.07, 6.45) is 8.47. The minimum absolute atomic E-state index is 0.907. The normalized spacial score (nSPS) is 27.5. The zero-order valence-corrected chi connectivity index (χ0v) is 6.77. The molecule has 0 aromatic heterocycles. The van der Waals surface area contributed by atoms with Crippen LogP contribution >= 0.6 is 0 Å². The van der Waals surface area contributed by atoms with Crippen LogP contribution in [0.15, 0.2) is 12.2 Å². The molecule has 1 atom stereocenters. The zero-order chi connectivity index (χ0) is 7.23. The molecular formula is C9H17N. The Labute approximate surface area is 63.5 Å². The van der Waals surface area contributed by atoms with Crippen molar-refractivity contribution in [2.24, 2.45) is 5.92 Å². The second-order valence-electron chi connectivity index (χ2n) is 3.02. The van der Waals surface area contributed by atoms with Gasteiger partial charge in [-0.3, -0.25) is 0 Å². The Hall–Kier alpha value is -0.300. The third kappa shape index (κ3) is 2.53. The minimum Gasteiger partial charge on any atom is -0.316 e. The number of piperidine rings is 1. The van der Waals surface area contributed by atoms with Crippen LogP contribution in [0.3, 0.4) is 0 Å². The van der Waals surface area contributed by atoms with Gasteiger partial charge in [-0.25, -0.2) is 0 Å². The first-order chi connectivity index (χ1) is 4.93. The van der Waals surface area contributed by atoms with Crippen molar-refractivity contribution in [3.05, 3.63) is 12.2 Å². The van der Waals surface area contributed by atoms with Crippen molar-refractivity contribution in [2.45, 2.75) is 26.2 Å². The van der Waals surface area contributed by atoms with Crippen LogP contribution in [-0.4, -0.2) is 13.1 Å². The Bertz CT molecular complexity index is 101. The molecule has 0 radical (unpaired) electrons. The summed E-state index contributed by atoms with van der Waals surface area (Å²) < 4.78 is 0. The van der Waals surface area contributed by atoms with E-state index < -0.39 is 0 Å². The molecular weight excluding hydrogens is 122 g/mol. The molecule has 1 fully saturated rings. The molecule has 1 rings (SSSR count). The minimum atomic E-state index is 0.907. The van der Waals surface area contributed by atoms with Crippen LogP contribution in [0.1, 0.15) is 26.2 Å². The van der Waals surface area contributed by atoms with E-state index >= 15 is 0 Å². The van der Waals surface area contributed by atoms with Gasteiger partial charge in [-0.2, -0.15) is 0 Å². The first-order valence-electron chi connectivity index (χ1n) is 4.25. The first kappa shape index (κ1) is 7.80. The largest absolute Gasteiger partial charge is 0.316 e. The van der Waals surface area contributed by atoms with Gasteiger partial charge in [-0.05, 0) is 45.2 Å². The van der Waals surface area contributed by atoms with E-state index in [2.05, 4.69) is 24.4 Å². The molecule has 0 amide bonds. The summed E-state index contributed by atoms with van der Waals surface area (Å²) in [6, 6.07) is 0. The maximum absolute atomic E-state index is 3.41. The van der Waals surface area contributed by atoms with E-state index in [-0.39, 0.29) is 0 Å². The number of hydrogen-bond donors (Lipinski definition) is 1. The summed E-state index contributed by atoms with van der Waals surface area (Å²) in [5.41, 5.74) is 0. The van der Waals surface area contributed by atoms with Gasteiger partial charge in [0.2, 0.25) is 0 Å². The number of nitrogens with one attached hydrogen (secondary N) is 1. The molecule has 0 aliphatic carbocycles. The highest BCUT2D eigenvalue weighted by Crippen LogP contribution is 2.13. The Balaban J connectivity index is 2.13. The van der Waals surface area contributed by atoms with Gasteiger partial charge in [0.25, 0.3) is 0 Å². The van der Waals surface area contributed by atoms with Crippen LogP contribution in [0.2, 0.25) is 0 Å². The summed E-state index contributed by atoms with van der Waals surface area (Å²) in [5, 5.41) is 3.41. The fraction of sp³-hybridized carbons (Fsp3) is 0.778. The molecule has 10 heavy (non-hydrogen) atoms. The lowest BCUT2D eigenvalue weighted by molar-refractivity contribution is 0.381. The first-order valence-corrected chi connectivity index (χ1v) is 4.25. The molecule has 0 saturated carbocycles. The Morgan fingerprint density at radius 1 is 1.60 bits per heavy atom. The zero-order valence-electron chi connectivity index (χ0n) is 6.77.